The van der Waals surface area contributed by atoms with E-state index in [4.69, 9.17) is 4.52 Å². The number of fused-ring (bicyclic) bond motifs is 1. The molecule has 3 aromatic carbocycles. The molecule has 0 N–H and O–H groups in total. The summed E-state index contributed by atoms with van der Waals surface area (Å²) in [6.45, 7) is 0.588. The summed E-state index contributed by atoms with van der Waals surface area (Å²) in [7, 11) is 1.81. The van der Waals surface area contributed by atoms with Crippen LogP contribution in [0.25, 0.3) is 22.2 Å². The molecule has 0 aliphatic carbocycles. The van der Waals surface area contributed by atoms with Crippen molar-refractivity contribution in [1.82, 2.24) is 15.0 Å². The first-order chi connectivity index (χ1) is 13.7. The average Bonchev–Trinajstić information content (AvgIpc) is 3.21. The highest BCUT2D eigenvalue weighted by Gasteiger charge is 2.14. The van der Waals surface area contributed by atoms with Gasteiger partial charge in [-0.25, -0.2) is 0 Å². The van der Waals surface area contributed by atoms with Gasteiger partial charge in [0.2, 0.25) is 17.6 Å². The van der Waals surface area contributed by atoms with E-state index in [1.165, 1.54) is 0 Å². The molecule has 0 saturated carbocycles. The molecule has 0 spiro atoms. The summed E-state index contributed by atoms with van der Waals surface area (Å²) in [5.41, 5.74) is 2.04. The second-order valence-electron chi connectivity index (χ2n) is 6.77. The van der Waals surface area contributed by atoms with Gasteiger partial charge in [0, 0.05) is 32.0 Å². The number of aromatic nitrogens is 2. The fraction of sp³-hybridized carbons (Fsp3) is 0.174. The van der Waals surface area contributed by atoms with Crippen molar-refractivity contribution in [2.45, 2.75) is 19.4 Å². The van der Waals surface area contributed by atoms with Gasteiger partial charge in [0.25, 0.3) is 0 Å². The molecule has 0 bridgehead atoms. The molecule has 140 valence electrons. The van der Waals surface area contributed by atoms with Gasteiger partial charge in [-0.3, -0.25) is 4.79 Å². The lowest BCUT2D eigenvalue weighted by atomic mass is 10.0. The molecule has 0 atom stereocenters. The van der Waals surface area contributed by atoms with Crippen LogP contribution >= 0.6 is 0 Å². The smallest absolute Gasteiger partial charge is 0.227 e. The van der Waals surface area contributed by atoms with Crippen LogP contribution in [0.5, 0.6) is 0 Å². The van der Waals surface area contributed by atoms with E-state index in [9.17, 15) is 4.79 Å². The summed E-state index contributed by atoms with van der Waals surface area (Å²) >= 11 is 0. The molecule has 0 saturated heterocycles. The van der Waals surface area contributed by atoms with Crippen molar-refractivity contribution in [2.24, 2.45) is 0 Å². The van der Waals surface area contributed by atoms with Gasteiger partial charge in [-0.2, -0.15) is 4.98 Å². The highest BCUT2D eigenvalue weighted by molar-refractivity contribution is 5.94. The molecule has 0 fully saturated rings. The van der Waals surface area contributed by atoms with Gasteiger partial charge in [-0.15, -0.1) is 0 Å². The number of carbonyl (C=O) groups is 1. The van der Waals surface area contributed by atoms with E-state index < -0.39 is 0 Å². The first kappa shape index (κ1) is 17.9. The van der Waals surface area contributed by atoms with E-state index >= 15 is 0 Å². The Bertz CT molecular complexity index is 1080. The number of amides is 1. The Morgan fingerprint density at radius 2 is 1.71 bits per heavy atom. The maximum Gasteiger partial charge on any atom is 0.227 e. The Balaban J connectivity index is 1.41. The number of hydrogen-bond donors (Lipinski definition) is 0. The number of aryl methyl sites for hydroxylation is 1. The van der Waals surface area contributed by atoms with Crippen LogP contribution in [0.15, 0.2) is 77.3 Å². The summed E-state index contributed by atoms with van der Waals surface area (Å²) in [5.74, 6) is 1.08. The van der Waals surface area contributed by atoms with Gasteiger partial charge < -0.3 is 9.42 Å². The van der Waals surface area contributed by atoms with Crippen LogP contribution in [0.2, 0.25) is 0 Å². The molecule has 0 aliphatic heterocycles. The van der Waals surface area contributed by atoms with E-state index in [2.05, 4.69) is 22.3 Å². The average molecular weight is 371 g/mol. The third kappa shape index (κ3) is 3.93. The first-order valence-electron chi connectivity index (χ1n) is 9.29. The quantitative estimate of drug-likeness (QED) is 0.501. The Kier molecular flexibility index (Phi) is 5.15. The normalized spacial score (nSPS) is 10.9. The van der Waals surface area contributed by atoms with Crippen molar-refractivity contribution in [2.75, 3.05) is 7.05 Å². The van der Waals surface area contributed by atoms with E-state index in [-0.39, 0.29) is 5.91 Å². The molecule has 5 heteroatoms. The van der Waals surface area contributed by atoms with Crippen molar-refractivity contribution in [3.05, 3.63) is 84.3 Å². The fourth-order valence-corrected chi connectivity index (χ4v) is 3.24. The second kappa shape index (κ2) is 8.05. The monoisotopic (exact) mass is 371 g/mol. The lowest BCUT2D eigenvalue weighted by Crippen LogP contribution is -2.26. The highest BCUT2D eigenvalue weighted by Crippen LogP contribution is 2.26. The largest absolute Gasteiger partial charge is 0.341 e. The molecule has 1 aromatic heterocycles. The molecule has 0 radical (unpaired) electrons. The Hall–Kier alpha value is -3.47. The lowest BCUT2D eigenvalue weighted by molar-refractivity contribution is -0.130. The third-order valence-electron chi connectivity index (χ3n) is 4.74. The SMILES string of the molecule is CN(Cc1ccccc1)C(=O)CCc1nc(-c2cccc3ccccc23)no1. The number of rotatable bonds is 6. The number of nitrogens with zero attached hydrogens (tertiary/aromatic N) is 3. The van der Waals surface area contributed by atoms with Crippen LogP contribution in [0.3, 0.4) is 0 Å². The predicted octanol–water partition coefficient (Wildman–Crippen LogP) is 4.48. The molecule has 1 heterocycles. The van der Waals surface area contributed by atoms with Gasteiger partial charge in [-0.1, -0.05) is 78.0 Å². The van der Waals surface area contributed by atoms with Crippen LogP contribution in [0.1, 0.15) is 17.9 Å². The van der Waals surface area contributed by atoms with E-state index in [0.717, 1.165) is 21.9 Å². The summed E-state index contributed by atoms with van der Waals surface area (Å²) in [6.07, 6.45) is 0.760. The molecule has 4 aromatic rings. The fourth-order valence-electron chi connectivity index (χ4n) is 3.24. The van der Waals surface area contributed by atoms with E-state index in [1.807, 2.05) is 67.7 Å². The van der Waals surface area contributed by atoms with Gasteiger partial charge in [0.15, 0.2) is 0 Å². The van der Waals surface area contributed by atoms with E-state index in [0.29, 0.717) is 31.1 Å². The molecule has 5 nitrogen and oxygen atoms in total. The van der Waals surface area contributed by atoms with Gasteiger partial charge in [0.05, 0.1) is 0 Å². The zero-order chi connectivity index (χ0) is 19.3. The first-order valence-corrected chi connectivity index (χ1v) is 9.29. The number of carbonyl (C=O) groups excluding carboxylic acids is 1. The minimum absolute atomic E-state index is 0.0498. The molecule has 0 unspecified atom stereocenters. The summed E-state index contributed by atoms with van der Waals surface area (Å²) in [6, 6.07) is 24.1. The second-order valence-corrected chi connectivity index (χ2v) is 6.77. The van der Waals surface area contributed by atoms with Crippen molar-refractivity contribution in [3.8, 4) is 11.4 Å². The zero-order valence-corrected chi connectivity index (χ0v) is 15.7. The van der Waals surface area contributed by atoms with Crippen LogP contribution in [0, 0.1) is 0 Å². The minimum Gasteiger partial charge on any atom is -0.341 e. The van der Waals surface area contributed by atoms with Crippen LogP contribution in [-0.2, 0) is 17.8 Å². The van der Waals surface area contributed by atoms with Crippen molar-refractivity contribution >= 4 is 16.7 Å². The third-order valence-corrected chi connectivity index (χ3v) is 4.74. The van der Waals surface area contributed by atoms with Crippen molar-refractivity contribution in [3.63, 3.8) is 0 Å². The molecule has 4 rings (SSSR count). The van der Waals surface area contributed by atoms with Gasteiger partial charge in [0.1, 0.15) is 0 Å². The molecule has 28 heavy (non-hydrogen) atoms. The topological polar surface area (TPSA) is 59.2 Å². The molecule has 0 aliphatic rings. The summed E-state index contributed by atoms with van der Waals surface area (Å²) in [4.78, 5) is 18.6. The van der Waals surface area contributed by atoms with Crippen molar-refractivity contribution < 1.29 is 9.32 Å². The van der Waals surface area contributed by atoms with Gasteiger partial charge >= 0.3 is 0 Å². The maximum absolute atomic E-state index is 12.4. The number of benzene rings is 3. The van der Waals surface area contributed by atoms with Crippen LogP contribution in [-0.4, -0.2) is 28.0 Å². The van der Waals surface area contributed by atoms with E-state index in [1.54, 1.807) is 4.90 Å². The molecular weight excluding hydrogens is 350 g/mol. The van der Waals surface area contributed by atoms with Crippen LogP contribution in [0.4, 0.5) is 0 Å². The van der Waals surface area contributed by atoms with Gasteiger partial charge in [-0.05, 0) is 16.3 Å². The minimum atomic E-state index is 0.0498. The highest BCUT2D eigenvalue weighted by atomic mass is 16.5. The van der Waals surface area contributed by atoms with Crippen LogP contribution < -0.4 is 0 Å². The maximum atomic E-state index is 12.4. The zero-order valence-electron chi connectivity index (χ0n) is 15.7. The lowest BCUT2D eigenvalue weighted by Gasteiger charge is -2.16. The Morgan fingerprint density at radius 1 is 0.964 bits per heavy atom. The molecule has 1 amide bonds. The Labute approximate surface area is 163 Å². The molecular formula is C23H21N3O2. The van der Waals surface area contributed by atoms with Crippen molar-refractivity contribution in [1.29, 1.82) is 0 Å². The predicted molar refractivity (Wildman–Crippen MR) is 108 cm³/mol. The summed E-state index contributed by atoms with van der Waals surface area (Å²) in [5, 5.41) is 6.32. The number of hydrogen-bond acceptors (Lipinski definition) is 4. The Morgan fingerprint density at radius 3 is 2.57 bits per heavy atom. The summed E-state index contributed by atoms with van der Waals surface area (Å²) < 4.78 is 5.38. The standard InChI is InChI=1S/C23H21N3O2/c1-26(16-17-8-3-2-4-9-17)22(27)15-14-21-24-23(25-28-21)20-13-7-11-18-10-5-6-12-19(18)20/h2-13H,14-16H2,1H3.